The average molecular weight is 362 g/mol. The number of aromatic nitrogens is 3. The number of benzene rings is 1. The number of amides is 2. The van der Waals surface area contributed by atoms with Crippen molar-refractivity contribution in [1.29, 1.82) is 0 Å². The number of hydrogen-bond donors (Lipinski definition) is 3. The van der Waals surface area contributed by atoms with E-state index < -0.39 is 5.91 Å². The van der Waals surface area contributed by atoms with Gasteiger partial charge in [0.15, 0.2) is 5.69 Å². The Hall–Kier alpha value is -3.65. The van der Waals surface area contributed by atoms with Gasteiger partial charge in [-0.3, -0.25) is 19.6 Å². The lowest BCUT2D eigenvalue weighted by Crippen LogP contribution is -2.23. The van der Waals surface area contributed by atoms with Gasteiger partial charge in [0, 0.05) is 31.0 Å². The van der Waals surface area contributed by atoms with Crippen LogP contribution in [0, 0.1) is 0 Å². The summed E-state index contributed by atoms with van der Waals surface area (Å²) in [4.78, 5) is 36.4. The van der Waals surface area contributed by atoms with Crippen LogP contribution in [-0.2, 0) is 13.1 Å². The summed E-state index contributed by atoms with van der Waals surface area (Å²) < 4.78 is 0. The number of nitrogens with two attached hydrogens (primary N) is 2. The SMILES string of the molecule is NCc1ncc(-c2cncc(C(=O)NCc3ccccc3)c2)nc1C(N)=O. The highest BCUT2D eigenvalue weighted by Crippen LogP contribution is 2.18. The summed E-state index contributed by atoms with van der Waals surface area (Å²) in [6.45, 7) is 0.451. The van der Waals surface area contributed by atoms with Gasteiger partial charge < -0.3 is 16.8 Å². The average Bonchev–Trinajstić information content (AvgIpc) is 2.72. The van der Waals surface area contributed by atoms with Crippen molar-refractivity contribution in [3.05, 3.63) is 77.5 Å². The minimum absolute atomic E-state index is 0.00827. The Balaban J connectivity index is 1.82. The van der Waals surface area contributed by atoms with Gasteiger partial charge in [-0.05, 0) is 11.6 Å². The molecule has 0 aliphatic heterocycles. The van der Waals surface area contributed by atoms with E-state index in [-0.39, 0.29) is 18.1 Å². The van der Waals surface area contributed by atoms with E-state index in [0.29, 0.717) is 29.1 Å². The number of hydrogen-bond acceptors (Lipinski definition) is 6. The van der Waals surface area contributed by atoms with Gasteiger partial charge in [0.05, 0.1) is 23.1 Å². The fourth-order valence-electron chi connectivity index (χ4n) is 2.48. The number of rotatable bonds is 6. The largest absolute Gasteiger partial charge is 0.364 e. The van der Waals surface area contributed by atoms with Gasteiger partial charge in [-0.15, -0.1) is 0 Å². The van der Waals surface area contributed by atoms with Gasteiger partial charge in [-0.2, -0.15) is 0 Å². The number of primary amides is 1. The molecule has 3 rings (SSSR count). The van der Waals surface area contributed by atoms with Gasteiger partial charge in [0.2, 0.25) is 0 Å². The molecule has 0 radical (unpaired) electrons. The number of carbonyl (C=O) groups is 2. The maximum absolute atomic E-state index is 12.4. The molecule has 0 aliphatic carbocycles. The smallest absolute Gasteiger partial charge is 0.269 e. The van der Waals surface area contributed by atoms with E-state index in [1.54, 1.807) is 6.07 Å². The van der Waals surface area contributed by atoms with Crippen LogP contribution in [0.3, 0.4) is 0 Å². The Morgan fingerprint density at radius 3 is 2.56 bits per heavy atom. The minimum Gasteiger partial charge on any atom is -0.364 e. The zero-order valence-electron chi connectivity index (χ0n) is 14.4. The van der Waals surface area contributed by atoms with Gasteiger partial charge in [-0.1, -0.05) is 30.3 Å². The quantitative estimate of drug-likeness (QED) is 0.599. The molecule has 0 saturated carbocycles. The van der Waals surface area contributed by atoms with Crippen molar-refractivity contribution in [2.24, 2.45) is 11.5 Å². The van der Waals surface area contributed by atoms with Crippen LogP contribution in [0.15, 0.2) is 55.0 Å². The van der Waals surface area contributed by atoms with Crippen LogP contribution in [-0.4, -0.2) is 26.8 Å². The highest BCUT2D eigenvalue weighted by atomic mass is 16.2. The fourth-order valence-corrected chi connectivity index (χ4v) is 2.48. The molecule has 0 aliphatic rings. The second-order valence-electron chi connectivity index (χ2n) is 5.75. The minimum atomic E-state index is -0.713. The Morgan fingerprint density at radius 2 is 1.85 bits per heavy atom. The maximum Gasteiger partial charge on any atom is 0.269 e. The van der Waals surface area contributed by atoms with Crippen molar-refractivity contribution >= 4 is 11.8 Å². The van der Waals surface area contributed by atoms with E-state index in [2.05, 4.69) is 20.3 Å². The van der Waals surface area contributed by atoms with E-state index >= 15 is 0 Å². The Kier molecular flexibility index (Phi) is 5.48. The summed E-state index contributed by atoms with van der Waals surface area (Å²) in [5, 5.41) is 2.84. The third-order valence-corrected chi connectivity index (χ3v) is 3.87. The summed E-state index contributed by atoms with van der Waals surface area (Å²) in [6, 6.07) is 11.2. The third kappa shape index (κ3) is 4.31. The highest BCUT2D eigenvalue weighted by Gasteiger charge is 2.14. The van der Waals surface area contributed by atoms with E-state index in [1.165, 1.54) is 18.6 Å². The van der Waals surface area contributed by atoms with Crippen LogP contribution in [0.4, 0.5) is 0 Å². The molecule has 27 heavy (non-hydrogen) atoms. The van der Waals surface area contributed by atoms with Crippen molar-refractivity contribution in [2.45, 2.75) is 13.1 Å². The molecule has 8 nitrogen and oxygen atoms in total. The second kappa shape index (κ2) is 8.15. The van der Waals surface area contributed by atoms with E-state index in [1.807, 2.05) is 30.3 Å². The van der Waals surface area contributed by atoms with E-state index in [9.17, 15) is 9.59 Å². The lowest BCUT2D eigenvalue weighted by atomic mass is 10.1. The Morgan fingerprint density at radius 1 is 1.07 bits per heavy atom. The third-order valence-electron chi connectivity index (χ3n) is 3.87. The van der Waals surface area contributed by atoms with Gasteiger partial charge >= 0.3 is 0 Å². The Labute approximate surface area is 155 Å². The first kappa shape index (κ1) is 18.2. The molecule has 2 aromatic heterocycles. The number of pyridine rings is 1. The number of nitrogens with zero attached hydrogens (tertiary/aromatic N) is 3. The molecule has 0 spiro atoms. The fraction of sp³-hybridized carbons (Fsp3) is 0.105. The molecule has 0 atom stereocenters. The van der Waals surface area contributed by atoms with Crippen LogP contribution in [0.1, 0.15) is 32.1 Å². The molecule has 136 valence electrons. The molecular formula is C19H18N6O2. The topological polar surface area (TPSA) is 137 Å². The molecule has 0 saturated heterocycles. The van der Waals surface area contributed by atoms with Crippen molar-refractivity contribution in [2.75, 3.05) is 0 Å². The second-order valence-corrected chi connectivity index (χ2v) is 5.75. The predicted octanol–water partition coefficient (Wildman–Crippen LogP) is 1.03. The Bertz CT molecular complexity index is 975. The molecule has 8 heteroatoms. The van der Waals surface area contributed by atoms with Crippen molar-refractivity contribution in [3.8, 4) is 11.3 Å². The van der Waals surface area contributed by atoms with Gasteiger partial charge in [-0.25, -0.2) is 4.98 Å². The highest BCUT2D eigenvalue weighted by molar-refractivity contribution is 5.95. The van der Waals surface area contributed by atoms with Crippen LogP contribution >= 0.6 is 0 Å². The summed E-state index contributed by atoms with van der Waals surface area (Å²) in [5.41, 5.74) is 13.5. The first-order chi connectivity index (χ1) is 13.1. The summed E-state index contributed by atoms with van der Waals surface area (Å²) in [5.74, 6) is -0.982. The van der Waals surface area contributed by atoms with Crippen LogP contribution in [0.5, 0.6) is 0 Å². The molecule has 2 amide bonds. The molecule has 1 aromatic carbocycles. The van der Waals surface area contributed by atoms with Gasteiger partial charge in [0.25, 0.3) is 11.8 Å². The molecule has 0 fully saturated rings. The normalized spacial score (nSPS) is 10.4. The first-order valence-electron chi connectivity index (χ1n) is 8.22. The molecule has 0 bridgehead atoms. The molecule has 5 N–H and O–H groups in total. The monoisotopic (exact) mass is 362 g/mol. The number of nitrogens with one attached hydrogen (secondary N) is 1. The van der Waals surface area contributed by atoms with Gasteiger partial charge in [0.1, 0.15) is 0 Å². The van der Waals surface area contributed by atoms with Crippen LogP contribution in [0.25, 0.3) is 11.3 Å². The van der Waals surface area contributed by atoms with Crippen LogP contribution in [0.2, 0.25) is 0 Å². The lowest BCUT2D eigenvalue weighted by molar-refractivity contribution is 0.0949. The molecular weight excluding hydrogens is 344 g/mol. The zero-order valence-corrected chi connectivity index (χ0v) is 14.4. The zero-order chi connectivity index (χ0) is 19.2. The van der Waals surface area contributed by atoms with Crippen LogP contribution < -0.4 is 16.8 Å². The summed E-state index contributed by atoms with van der Waals surface area (Å²) in [7, 11) is 0. The maximum atomic E-state index is 12.4. The molecule has 3 aromatic rings. The summed E-state index contributed by atoms with van der Waals surface area (Å²) >= 11 is 0. The lowest BCUT2D eigenvalue weighted by Gasteiger charge is -2.08. The summed E-state index contributed by atoms with van der Waals surface area (Å²) in [6.07, 6.45) is 4.46. The predicted molar refractivity (Wildman–Crippen MR) is 99.3 cm³/mol. The molecule has 2 heterocycles. The first-order valence-corrected chi connectivity index (χ1v) is 8.22. The van der Waals surface area contributed by atoms with Crippen molar-refractivity contribution in [1.82, 2.24) is 20.3 Å². The molecule has 0 unspecified atom stereocenters. The van der Waals surface area contributed by atoms with E-state index in [4.69, 9.17) is 11.5 Å². The standard InChI is InChI=1S/C19H18N6O2/c20-7-15-17(18(21)26)25-16(11-23-15)13-6-14(10-22-9-13)19(27)24-8-12-4-2-1-3-5-12/h1-6,9-11H,7-8,20H2,(H2,21,26)(H,24,27). The number of carbonyl (C=O) groups excluding carboxylic acids is 2. The van der Waals surface area contributed by atoms with Crippen molar-refractivity contribution < 1.29 is 9.59 Å². The van der Waals surface area contributed by atoms with Crippen molar-refractivity contribution in [3.63, 3.8) is 0 Å². The van der Waals surface area contributed by atoms with E-state index in [0.717, 1.165) is 5.56 Å².